The minimum atomic E-state index is -4.54. The number of hydrogen-bond acceptors (Lipinski definition) is 2. The molecule has 0 aliphatic carbocycles. The molecular weight excluding hydrogens is 240 g/mol. The minimum Gasteiger partial charge on any atom is -0.316 e. The lowest BCUT2D eigenvalue weighted by Crippen LogP contribution is -2.28. The normalized spacial score (nSPS) is 14.1. The van der Waals surface area contributed by atoms with Crippen LogP contribution < -0.4 is 5.73 Å². The highest BCUT2D eigenvalue weighted by atomic mass is 35.5. The lowest BCUT2D eigenvalue weighted by Gasteiger charge is -2.16. The van der Waals surface area contributed by atoms with E-state index in [1.54, 1.807) is 0 Å². The fourth-order valence-electron chi connectivity index (χ4n) is 0.831. The SMILES string of the molecule is N[C@H](c1ccc(Cl)nc1Cl)C(F)(F)F. The van der Waals surface area contributed by atoms with Gasteiger partial charge in [0, 0.05) is 5.56 Å². The maximum atomic E-state index is 12.2. The molecule has 1 rings (SSSR count). The van der Waals surface area contributed by atoms with E-state index in [0.29, 0.717) is 0 Å². The number of halogens is 5. The first kappa shape index (κ1) is 11.6. The van der Waals surface area contributed by atoms with Crippen LogP contribution in [0.4, 0.5) is 13.2 Å². The molecule has 0 fully saturated rings. The zero-order valence-electron chi connectivity index (χ0n) is 6.65. The summed E-state index contributed by atoms with van der Waals surface area (Å²) in [6.45, 7) is 0. The molecule has 1 aromatic heterocycles. The standard InChI is InChI=1S/C7H5Cl2F3N2/c8-4-2-1-3(6(9)14-4)5(13)7(10,11)12/h1-2,5H,13H2/t5-/m1/s1. The Labute approximate surface area is 87.8 Å². The Kier molecular flexibility index (Phi) is 3.24. The van der Waals surface area contributed by atoms with E-state index in [9.17, 15) is 13.2 Å². The van der Waals surface area contributed by atoms with Crippen molar-refractivity contribution in [1.29, 1.82) is 0 Å². The molecule has 0 saturated heterocycles. The first-order chi connectivity index (χ1) is 6.32. The van der Waals surface area contributed by atoms with Crippen LogP contribution in [0.2, 0.25) is 10.3 Å². The maximum absolute atomic E-state index is 12.2. The summed E-state index contributed by atoms with van der Waals surface area (Å²) in [6, 6.07) is 0.171. The third-order valence-corrected chi connectivity index (χ3v) is 2.04. The van der Waals surface area contributed by atoms with Gasteiger partial charge in [-0.15, -0.1) is 0 Å². The fourth-order valence-corrected chi connectivity index (χ4v) is 1.29. The van der Waals surface area contributed by atoms with E-state index < -0.39 is 12.2 Å². The number of aromatic nitrogens is 1. The van der Waals surface area contributed by atoms with E-state index in [1.807, 2.05) is 0 Å². The summed E-state index contributed by atoms with van der Waals surface area (Å²) in [5.41, 5.74) is 4.64. The second-order valence-corrected chi connectivity index (χ2v) is 3.28. The number of nitrogens with zero attached hydrogens (tertiary/aromatic N) is 1. The molecular formula is C7H5Cl2F3N2. The highest BCUT2D eigenvalue weighted by molar-refractivity contribution is 6.32. The topological polar surface area (TPSA) is 38.9 Å². The van der Waals surface area contributed by atoms with Crippen LogP contribution in [0, 0.1) is 0 Å². The van der Waals surface area contributed by atoms with Crippen molar-refractivity contribution >= 4 is 23.2 Å². The summed E-state index contributed by atoms with van der Waals surface area (Å²) in [6.07, 6.45) is -4.54. The van der Waals surface area contributed by atoms with Gasteiger partial charge in [0.25, 0.3) is 0 Å². The van der Waals surface area contributed by atoms with Crippen LogP contribution in [0.15, 0.2) is 12.1 Å². The van der Waals surface area contributed by atoms with Gasteiger partial charge in [-0.3, -0.25) is 0 Å². The number of rotatable bonds is 1. The van der Waals surface area contributed by atoms with Crippen LogP contribution in [0.5, 0.6) is 0 Å². The molecule has 1 heterocycles. The molecule has 78 valence electrons. The summed E-state index contributed by atoms with van der Waals surface area (Å²) >= 11 is 10.9. The van der Waals surface area contributed by atoms with E-state index >= 15 is 0 Å². The first-order valence-electron chi connectivity index (χ1n) is 3.46. The molecule has 7 heteroatoms. The number of pyridine rings is 1. The van der Waals surface area contributed by atoms with Gasteiger partial charge in [0.05, 0.1) is 0 Å². The predicted octanol–water partition coefficient (Wildman–Crippen LogP) is 2.95. The zero-order valence-corrected chi connectivity index (χ0v) is 8.16. The Bertz CT molecular complexity index is 340. The van der Waals surface area contributed by atoms with Crippen LogP contribution in [0.1, 0.15) is 11.6 Å². The summed E-state index contributed by atoms with van der Waals surface area (Å²) in [5, 5.41) is -0.310. The minimum absolute atomic E-state index is 0.0214. The Morgan fingerprint density at radius 3 is 2.29 bits per heavy atom. The van der Waals surface area contributed by atoms with E-state index in [1.165, 1.54) is 6.07 Å². The lowest BCUT2D eigenvalue weighted by atomic mass is 10.1. The summed E-state index contributed by atoms with van der Waals surface area (Å²) in [5.74, 6) is 0. The van der Waals surface area contributed by atoms with Crippen molar-refractivity contribution in [2.45, 2.75) is 12.2 Å². The second kappa shape index (κ2) is 3.92. The van der Waals surface area contributed by atoms with Crippen molar-refractivity contribution in [2.24, 2.45) is 5.73 Å². The van der Waals surface area contributed by atoms with Crippen molar-refractivity contribution in [3.63, 3.8) is 0 Å². The molecule has 2 N–H and O–H groups in total. The van der Waals surface area contributed by atoms with Crippen LogP contribution in [0.3, 0.4) is 0 Å². The fraction of sp³-hybridized carbons (Fsp3) is 0.286. The van der Waals surface area contributed by atoms with Gasteiger partial charge in [-0.1, -0.05) is 29.3 Å². The molecule has 0 aromatic carbocycles. The van der Waals surface area contributed by atoms with E-state index in [0.717, 1.165) is 6.07 Å². The summed E-state index contributed by atoms with van der Waals surface area (Å²) in [4.78, 5) is 3.46. The van der Waals surface area contributed by atoms with Crippen molar-refractivity contribution in [2.75, 3.05) is 0 Å². The summed E-state index contributed by atoms with van der Waals surface area (Å²) < 4.78 is 36.5. The molecule has 0 unspecified atom stereocenters. The average molecular weight is 245 g/mol. The van der Waals surface area contributed by atoms with Crippen LogP contribution in [-0.2, 0) is 0 Å². The van der Waals surface area contributed by atoms with Crippen LogP contribution >= 0.6 is 23.2 Å². The van der Waals surface area contributed by atoms with Crippen molar-refractivity contribution in [1.82, 2.24) is 4.98 Å². The van der Waals surface area contributed by atoms with Gasteiger partial charge in [0.1, 0.15) is 16.3 Å². The molecule has 1 atom stereocenters. The van der Waals surface area contributed by atoms with Crippen molar-refractivity contribution in [3.05, 3.63) is 28.0 Å². The Morgan fingerprint density at radius 2 is 1.86 bits per heavy atom. The van der Waals surface area contributed by atoms with Crippen molar-refractivity contribution in [3.8, 4) is 0 Å². The predicted molar refractivity (Wildman–Crippen MR) is 47.2 cm³/mol. The monoisotopic (exact) mass is 244 g/mol. The van der Waals surface area contributed by atoms with Gasteiger partial charge in [-0.05, 0) is 6.07 Å². The molecule has 0 radical (unpaired) electrons. The molecule has 1 aromatic rings. The first-order valence-corrected chi connectivity index (χ1v) is 4.22. The van der Waals surface area contributed by atoms with Gasteiger partial charge >= 0.3 is 6.18 Å². The van der Waals surface area contributed by atoms with Crippen molar-refractivity contribution < 1.29 is 13.2 Å². The Morgan fingerprint density at radius 1 is 1.29 bits per heavy atom. The zero-order chi connectivity index (χ0) is 10.9. The third-order valence-electron chi connectivity index (χ3n) is 1.53. The van der Waals surface area contributed by atoms with Gasteiger partial charge < -0.3 is 5.73 Å². The molecule has 14 heavy (non-hydrogen) atoms. The van der Waals surface area contributed by atoms with Gasteiger partial charge in [-0.2, -0.15) is 13.2 Å². The highest BCUT2D eigenvalue weighted by Crippen LogP contribution is 2.33. The second-order valence-electron chi connectivity index (χ2n) is 2.53. The maximum Gasteiger partial charge on any atom is 0.407 e. The van der Waals surface area contributed by atoms with Crippen LogP contribution in [0.25, 0.3) is 0 Å². The van der Waals surface area contributed by atoms with Gasteiger partial charge in [-0.25, -0.2) is 4.98 Å². The van der Waals surface area contributed by atoms with E-state index in [4.69, 9.17) is 28.9 Å². The summed E-state index contributed by atoms with van der Waals surface area (Å²) in [7, 11) is 0. The lowest BCUT2D eigenvalue weighted by molar-refractivity contribution is -0.149. The van der Waals surface area contributed by atoms with E-state index in [2.05, 4.69) is 4.98 Å². The molecule has 0 amide bonds. The largest absolute Gasteiger partial charge is 0.407 e. The van der Waals surface area contributed by atoms with E-state index in [-0.39, 0.29) is 15.9 Å². The quantitative estimate of drug-likeness (QED) is 0.772. The molecule has 0 saturated carbocycles. The third kappa shape index (κ3) is 2.50. The number of nitrogens with two attached hydrogens (primary N) is 1. The highest BCUT2D eigenvalue weighted by Gasteiger charge is 2.39. The Hall–Kier alpha value is -0.520. The number of alkyl halides is 3. The molecule has 2 nitrogen and oxygen atoms in total. The number of hydrogen-bond donors (Lipinski definition) is 1. The molecule has 0 aliphatic heterocycles. The van der Waals surface area contributed by atoms with Crippen LogP contribution in [-0.4, -0.2) is 11.2 Å². The smallest absolute Gasteiger partial charge is 0.316 e. The van der Waals surface area contributed by atoms with Gasteiger partial charge in [0.2, 0.25) is 0 Å². The molecule has 0 spiro atoms. The Balaban J connectivity index is 3.08. The average Bonchev–Trinajstić information content (AvgIpc) is 2.01. The van der Waals surface area contributed by atoms with Gasteiger partial charge in [0.15, 0.2) is 0 Å². The molecule has 0 bridgehead atoms. The molecule has 0 aliphatic rings.